The molecule has 1 aromatic heterocycles. The number of carbonyl (C=O) groups excluding carboxylic acids is 2. The van der Waals surface area contributed by atoms with E-state index >= 15 is 0 Å². The lowest BCUT2D eigenvalue weighted by Gasteiger charge is -2.03. The predicted molar refractivity (Wildman–Crippen MR) is 97.8 cm³/mol. The number of hydrogen-bond donors (Lipinski definition) is 0. The fraction of sp³-hybridized carbons (Fsp3) is 0.105. The van der Waals surface area contributed by atoms with E-state index < -0.39 is 17.7 Å². The molecule has 0 unspecified atom stereocenters. The van der Waals surface area contributed by atoms with Crippen molar-refractivity contribution in [2.75, 3.05) is 7.11 Å². The van der Waals surface area contributed by atoms with Crippen molar-refractivity contribution < 1.29 is 18.7 Å². The van der Waals surface area contributed by atoms with Crippen LogP contribution in [0.1, 0.15) is 5.56 Å². The number of nitrogens with zero attached hydrogens (tertiary/aromatic N) is 2. The molecule has 0 bridgehead atoms. The SMILES string of the molecule is COC(=O)Cn1c(=NC(=O)C=Cc2ccccc2)sc2cccc(F)c21. The Hall–Kier alpha value is -3.06. The molecule has 1 amide bonds. The minimum Gasteiger partial charge on any atom is -0.468 e. The average Bonchev–Trinajstić information content (AvgIpc) is 2.99. The van der Waals surface area contributed by atoms with Crippen LogP contribution in [0.15, 0.2) is 59.6 Å². The molecule has 2 aromatic carbocycles. The molecule has 0 saturated carbocycles. The van der Waals surface area contributed by atoms with Gasteiger partial charge >= 0.3 is 5.97 Å². The lowest BCUT2D eigenvalue weighted by atomic mass is 10.2. The third-order valence-corrected chi connectivity index (χ3v) is 4.63. The summed E-state index contributed by atoms with van der Waals surface area (Å²) in [6.45, 7) is -0.230. The molecule has 0 saturated heterocycles. The summed E-state index contributed by atoms with van der Waals surface area (Å²) in [4.78, 5) is 28.1. The van der Waals surface area contributed by atoms with Crippen molar-refractivity contribution in [3.63, 3.8) is 0 Å². The van der Waals surface area contributed by atoms with E-state index in [-0.39, 0.29) is 16.9 Å². The van der Waals surface area contributed by atoms with Crippen LogP contribution >= 0.6 is 11.3 Å². The highest BCUT2D eigenvalue weighted by Gasteiger charge is 2.14. The maximum Gasteiger partial charge on any atom is 0.325 e. The summed E-state index contributed by atoms with van der Waals surface area (Å²) in [5.74, 6) is -1.54. The molecule has 26 heavy (non-hydrogen) atoms. The van der Waals surface area contributed by atoms with E-state index in [1.54, 1.807) is 18.2 Å². The minimum absolute atomic E-state index is 0.224. The Bertz CT molecular complexity index is 1050. The standard InChI is InChI=1S/C19H15FN2O3S/c1-25-17(24)12-22-18-14(20)8-5-9-15(18)26-19(22)21-16(23)11-10-13-6-3-2-4-7-13/h2-11H,12H2,1H3. The summed E-state index contributed by atoms with van der Waals surface area (Å²) in [7, 11) is 1.25. The molecule has 132 valence electrons. The number of hydrogen-bond acceptors (Lipinski definition) is 4. The van der Waals surface area contributed by atoms with Crippen molar-refractivity contribution in [1.29, 1.82) is 0 Å². The first-order valence-corrected chi connectivity index (χ1v) is 8.56. The third kappa shape index (κ3) is 3.94. The van der Waals surface area contributed by atoms with Crippen molar-refractivity contribution in [2.45, 2.75) is 6.54 Å². The van der Waals surface area contributed by atoms with Gasteiger partial charge in [0.25, 0.3) is 5.91 Å². The molecule has 0 aliphatic rings. The Kier molecular flexibility index (Phi) is 5.38. The predicted octanol–water partition coefficient (Wildman–Crippen LogP) is 3.16. The monoisotopic (exact) mass is 370 g/mol. The van der Waals surface area contributed by atoms with E-state index in [0.29, 0.717) is 4.70 Å². The molecular formula is C19H15FN2O3S. The lowest BCUT2D eigenvalue weighted by molar-refractivity contribution is -0.141. The highest BCUT2D eigenvalue weighted by molar-refractivity contribution is 7.16. The van der Waals surface area contributed by atoms with Crippen LogP contribution in [0, 0.1) is 5.82 Å². The molecule has 0 N–H and O–H groups in total. The number of halogens is 1. The van der Waals surface area contributed by atoms with Gasteiger partial charge in [-0.15, -0.1) is 0 Å². The van der Waals surface area contributed by atoms with Gasteiger partial charge in [-0.3, -0.25) is 9.59 Å². The normalized spacial score (nSPS) is 12.0. The van der Waals surface area contributed by atoms with E-state index in [2.05, 4.69) is 9.73 Å². The van der Waals surface area contributed by atoms with Gasteiger partial charge in [-0.2, -0.15) is 4.99 Å². The highest BCUT2D eigenvalue weighted by atomic mass is 32.1. The van der Waals surface area contributed by atoms with Gasteiger partial charge < -0.3 is 9.30 Å². The second-order valence-electron chi connectivity index (χ2n) is 5.33. The number of carbonyl (C=O) groups is 2. The lowest BCUT2D eigenvalue weighted by Crippen LogP contribution is -2.22. The molecule has 7 heteroatoms. The van der Waals surface area contributed by atoms with E-state index in [4.69, 9.17) is 0 Å². The number of fused-ring (bicyclic) bond motifs is 1. The van der Waals surface area contributed by atoms with E-state index in [1.807, 2.05) is 30.3 Å². The summed E-state index contributed by atoms with van der Waals surface area (Å²) >= 11 is 1.13. The summed E-state index contributed by atoms with van der Waals surface area (Å²) in [5, 5.41) is 0. The smallest absolute Gasteiger partial charge is 0.325 e. The van der Waals surface area contributed by atoms with E-state index in [1.165, 1.54) is 23.8 Å². The van der Waals surface area contributed by atoms with Crippen molar-refractivity contribution in [3.8, 4) is 0 Å². The molecule has 5 nitrogen and oxygen atoms in total. The number of esters is 1. The molecular weight excluding hydrogens is 355 g/mol. The summed E-state index contributed by atoms with van der Waals surface area (Å²) in [6.07, 6.45) is 2.98. The van der Waals surface area contributed by atoms with Crippen LogP contribution in [0.5, 0.6) is 0 Å². The maximum absolute atomic E-state index is 14.2. The Morgan fingerprint density at radius 2 is 1.96 bits per heavy atom. The van der Waals surface area contributed by atoms with Gasteiger partial charge in [0, 0.05) is 6.08 Å². The fourth-order valence-corrected chi connectivity index (χ4v) is 3.42. The number of aromatic nitrogens is 1. The number of amides is 1. The molecule has 3 rings (SSSR count). The van der Waals surface area contributed by atoms with Crippen LogP contribution in [0.25, 0.3) is 16.3 Å². The average molecular weight is 370 g/mol. The van der Waals surface area contributed by atoms with Crippen LogP contribution in [0.4, 0.5) is 4.39 Å². The molecule has 0 spiro atoms. The van der Waals surface area contributed by atoms with Gasteiger partial charge in [0.2, 0.25) is 0 Å². The Morgan fingerprint density at radius 3 is 2.69 bits per heavy atom. The molecule has 0 atom stereocenters. The second-order valence-corrected chi connectivity index (χ2v) is 6.34. The van der Waals surface area contributed by atoms with Crippen molar-refractivity contribution in [3.05, 3.63) is 70.8 Å². The Morgan fingerprint density at radius 1 is 1.19 bits per heavy atom. The molecule has 1 heterocycles. The van der Waals surface area contributed by atoms with Gasteiger partial charge in [0.1, 0.15) is 12.4 Å². The number of methoxy groups -OCH3 is 1. The number of benzene rings is 2. The topological polar surface area (TPSA) is 60.7 Å². The Labute approximate surface area is 152 Å². The number of ether oxygens (including phenoxy) is 1. The van der Waals surface area contributed by atoms with Crippen LogP contribution in [0.3, 0.4) is 0 Å². The number of para-hydroxylation sites is 1. The molecule has 0 aliphatic carbocycles. The van der Waals surface area contributed by atoms with Crippen LogP contribution in [0.2, 0.25) is 0 Å². The summed E-state index contributed by atoms with van der Waals surface area (Å²) in [5.41, 5.74) is 1.09. The first-order valence-electron chi connectivity index (χ1n) is 7.75. The first-order chi connectivity index (χ1) is 12.6. The first kappa shape index (κ1) is 17.8. The number of rotatable bonds is 4. The zero-order valence-electron chi connectivity index (χ0n) is 13.9. The third-order valence-electron chi connectivity index (χ3n) is 3.59. The quantitative estimate of drug-likeness (QED) is 0.524. The highest BCUT2D eigenvalue weighted by Crippen LogP contribution is 2.20. The van der Waals surface area contributed by atoms with E-state index in [9.17, 15) is 14.0 Å². The molecule has 0 radical (unpaired) electrons. The van der Waals surface area contributed by atoms with Crippen LogP contribution < -0.4 is 4.80 Å². The fourth-order valence-electron chi connectivity index (χ4n) is 2.38. The van der Waals surface area contributed by atoms with Gasteiger partial charge in [-0.25, -0.2) is 4.39 Å². The van der Waals surface area contributed by atoms with Gasteiger partial charge in [0.15, 0.2) is 4.80 Å². The minimum atomic E-state index is -0.554. The van der Waals surface area contributed by atoms with Gasteiger partial charge in [-0.1, -0.05) is 47.7 Å². The zero-order chi connectivity index (χ0) is 18.5. The molecule has 3 aromatic rings. The Balaban J connectivity index is 2.03. The summed E-state index contributed by atoms with van der Waals surface area (Å²) < 4.78 is 20.8. The van der Waals surface area contributed by atoms with Crippen LogP contribution in [-0.4, -0.2) is 23.6 Å². The van der Waals surface area contributed by atoms with Gasteiger partial charge in [0.05, 0.1) is 17.3 Å². The maximum atomic E-state index is 14.2. The zero-order valence-corrected chi connectivity index (χ0v) is 14.7. The molecule has 0 aliphatic heterocycles. The molecule has 0 fully saturated rings. The summed E-state index contributed by atoms with van der Waals surface area (Å²) in [6, 6.07) is 13.9. The number of thiazole rings is 1. The van der Waals surface area contributed by atoms with Crippen molar-refractivity contribution in [2.24, 2.45) is 4.99 Å². The van der Waals surface area contributed by atoms with E-state index in [0.717, 1.165) is 16.9 Å². The largest absolute Gasteiger partial charge is 0.468 e. The van der Waals surface area contributed by atoms with Gasteiger partial charge in [-0.05, 0) is 23.8 Å². The van der Waals surface area contributed by atoms with Crippen molar-refractivity contribution in [1.82, 2.24) is 4.57 Å². The second kappa shape index (κ2) is 7.88. The van der Waals surface area contributed by atoms with Crippen molar-refractivity contribution >= 4 is 39.5 Å². The van der Waals surface area contributed by atoms with Crippen LogP contribution in [-0.2, 0) is 20.9 Å².